The van der Waals surface area contributed by atoms with Gasteiger partial charge in [-0.3, -0.25) is 4.79 Å². The number of benzene rings is 1. The smallest absolute Gasteiger partial charge is 0.230 e. The second kappa shape index (κ2) is 5.58. The lowest BCUT2D eigenvalue weighted by atomic mass is 10.2. The fourth-order valence-corrected chi connectivity index (χ4v) is 2.71. The van der Waals surface area contributed by atoms with Crippen LogP contribution in [0.15, 0.2) is 29.2 Å². The van der Waals surface area contributed by atoms with Crippen molar-refractivity contribution >= 4 is 17.7 Å². The first-order chi connectivity index (χ1) is 8.16. The molecule has 0 aromatic heterocycles. The summed E-state index contributed by atoms with van der Waals surface area (Å²) in [7, 11) is 0. The molecule has 0 saturated heterocycles. The van der Waals surface area contributed by atoms with Gasteiger partial charge in [-0.15, -0.1) is 11.8 Å². The van der Waals surface area contributed by atoms with Gasteiger partial charge < -0.3 is 5.32 Å². The molecule has 1 fully saturated rings. The zero-order valence-electron chi connectivity index (χ0n) is 10.4. The first-order valence-electron chi connectivity index (χ1n) is 6.14. The van der Waals surface area contributed by atoms with Crippen molar-refractivity contribution in [1.29, 1.82) is 0 Å². The Morgan fingerprint density at radius 2 is 2.18 bits per heavy atom. The van der Waals surface area contributed by atoms with E-state index < -0.39 is 0 Å². The Kier molecular flexibility index (Phi) is 4.11. The van der Waals surface area contributed by atoms with Gasteiger partial charge in [-0.25, -0.2) is 0 Å². The fraction of sp³-hybridized carbons (Fsp3) is 0.500. The standard InChI is InChI=1S/C14H19NOS/c1-10-5-3-4-6-13(10)17-9-14(16)15-11(2)12-7-8-12/h3-6,11-12H,7-9H2,1-2H3,(H,15,16). The highest BCUT2D eigenvalue weighted by molar-refractivity contribution is 8.00. The zero-order chi connectivity index (χ0) is 12.3. The van der Waals surface area contributed by atoms with Crippen molar-refractivity contribution in [1.82, 2.24) is 5.32 Å². The number of thioether (sulfide) groups is 1. The molecule has 0 heterocycles. The molecule has 17 heavy (non-hydrogen) atoms. The molecule has 1 saturated carbocycles. The molecular formula is C14H19NOS. The molecule has 3 heteroatoms. The molecule has 1 atom stereocenters. The monoisotopic (exact) mass is 249 g/mol. The Morgan fingerprint density at radius 3 is 2.82 bits per heavy atom. The molecule has 1 aromatic carbocycles. The Morgan fingerprint density at radius 1 is 1.47 bits per heavy atom. The van der Waals surface area contributed by atoms with E-state index in [0.29, 0.717) is 11.8 Å². The van der Waals surface area contributed by atoms with E-state index in [1.165, 1.54) is 23.3 Å². The maximum atomic E-state index is 11.7. The van der Waals surface area contributed by atoms with Crippen LogP contribution in [0, 0.1) is 12.8 Å². The lowest BCUT2D eigenvalue weighted by Gasteiger charge is -2.12. The van der Waals surface area contributed by atoms with Crippen molar-refractivity contribution in [2.45, 2.75) is 37.6 Å². The minimum atomic E-state index is 0.151. The van der Waals surface area contributed by atoms with E-state index in [1.807, 2.05) is 12.1 Å². The molecule has 1 amide bonds. The summed E-state index contributed by atoms with van der Waals surface area (Å²) < 4.78 is 0. The second-order valence-electron chi connectivity index (χ2n) is 4.75. The molecule has 0 aliphatic heterocycles. The van der Waals surface area contributed by atoms with Gasteiger partial charge in [0.05, 0.1) is 5.75 Å². The minimum Gasteiger partial charge on any atom is -0.353 e. The van der Waals surface area contributed by atoms with Gasteiger partial charge in [0.15, 0.2) is 0 Å². The number of hydrogen-bond donors (Lipinski definition) is 1. The van der Waals surface area contributed by atoms with Gasteiger partial charge in [0, 0.05) is 10.9 Å². The maximum absolute atomic E-state index is 11.7. The van der Waals surface area contributed by atoms with E-state index in [1.54, 1.807) is 11.8 Å². The van der Waals surface area contributed by atoms with E-state index in [-0.39, 0.29) is 5.91 Å². The molecule has 1 aliphatic rings. The summed E-state index contributed by atoms with van der Waals surface area (Å²) in [6.45, 7) is 4.18. The van der Waals surface area contributed by atoms with Crippen molar-refractivity contribution in [2.24, 2.45) is 5.92 Å². The number of rotatable bonds is 5. The van der Waals surface area contributed by atoms with Crippen molar-refractivity contribution < 1.29 is 4.79 Å². The number of nitrogens with one attached hydrogen (secondary N) is 1. The number of carbonyl (C=O) groups is 1. The van der Waals surface area contributed by atoms with Crippen molar-refractivity contribution in [3.05, 3.63) is 29.8 Å². The predicted octanol–water partition coefficient (Wildman–Crippen LogP) is 3.00. The number of amides is 1. The van der Waals surface area contributed by atoms with Crippen molar-refractivity contribution in [3.63, 3.8) is 0 Å². The van der Waals surface area contributed by atoms with Crippen LogP contribution >= 0.6 is 11.8 Å². The average molecular weight is 249 g/mol. The predicted molar refractivity (Wildman–Crippen MR) is 72.2 cm³/mol. The third kappa shape index (κ3) is 3.77. The topological polar surface area (TPSA) is 29.1 Å². The van der Waals surface area contributed by atoms with Gasteiger partial charge in [0.2, 0.25) is 5.91 Å². The number of carbonyl (C=O) groups excluding carboxylic acids is 1. The van der Waals surface area contributed by atoms with E-state index in [4.69, 9.17) is 0 Å². The van der Waals surface area contributed by atoms with Crippen LogP contribution in [0.2, 0.25) is 0 Å². The molecule has 0 radical (unpaired) electrons. The van der Waals surface area contributed by atoms with Crippen LogP contribution in [-0.2, 0) is 4.79 Å². The molecule has 0 spiro atoms. The van der Waals surface area contributed by atoms with Gasteiger partial charge in [0.25, 0.3) is 0 Å². The minimum absolute atomic E-state index is 0.151. The largest absolute Gasteiger partial charge is 0.353 e. The van der Waals surface area contributed by atoms with Gasteiger partial charge in [0.1, 0.15) is 0 Å². The Hall–Kier alpha value is -0.960. The second-order valence-corrected chi connectivity index (χ2v) is 5.76. The molecule has 2 rings (SSSR count). The Labute approximate surface area is 107 Å². The van der Waals surface area contributed by atoms with Crippen LogP contribution in [0.3, 0.4) is 0 Å². The molecule has 1 unspecified atom stereocenters. The van der Waals surface area contributed by atoms with Gasteiger partial charge >= 0.3 is 0 Å². The summed E-state index contributed by atoms with van der Waals surface area (Å²) in [6, 6.07) is 8.53. The van der Waals surface area contributed by atoms with E-state index in [0.717, 1.165) is 5.92 Å². The number of hydrogen-bond acceptors (Lipinski definition) is 2. The first kappa shape index (κ1) is 12.5. The van der Waals surface area contributed by atoms with Crippen LogP contribution in [0.5, 0.6) is 0 Å². The van der Waals surface area contributed by atoms with Crippen LogP contribution in [-0.4, -0.2) is 17.7 Å². The molecule has 1 aromatic rings. The molecule has 1 N–H and O–H groups in total. The van der Waals surface area contributed by atoms with Gasteiger partial charge in [-0.05, 0) is 44.2 Å². The summed E-state index contributed by atoms with van der Waals surface area (Å²) in [5.74, 6) is 1.39. The number of aryl methyl sites for hydroxylation is 1. The summed E-state index contributed by atoms with van der Waals surface area (Å²) in [6.07, 6.45) is 2.54. The third-order valence-electron chi connectivity index (χ3n) is 3.17. The van der Waals surface area contributed by atoms with Crippen LogP contribution in [0.4, 0.5) is 0 Å². The summed E-state index contributed by atoms with van der Waals surface area (Å²) >= 11 is 1.62. The van der Waals surface area contributed by atoms with E-state index in [2.05, 4.69) is 31.3 Å². The normalized spacial score (nSPS) is 16.6. The van der Waals surface area contributed by atoms with Gasteiger partial charge in [-0.2, -0.15) is 0 Å². The Bertz CT molecular complexity index is 401. The third-order valence-corrected chi connectivity index (χ3v) is 4.35. The fourth-order valence-electron chi connectivity index (χ4n) is 1.87. The quantitative estimate of drug-likeness (QED) is 0.813. The lowest BCUT2D eigenvalue weighted by molar-refractivity contribution is -0.119. The SMILES string of the molecule is Cc1ccccc1SCC(=O)NC(C)C1CC1. The molecule has 0 bridgehead atoms. The highest BCUT2D eigenvalue weighted by Crippen LogP contribution is 2.32. The van der Waals surface area contributed by atoms with Gasteiger partial charge in [-0.1, -0.05) is 18.2 Å². The van der Waals surface area contributed by atoms with E-state index >= 15 is 0 Å². The lowest BCUT2D eigenvalue weighted by Crippen LogP contribution is -2.35. The first-order valence-corrected chi connectivity index (χ1v) is 7.13. The van der Waals surface area contributed by atoms with Crippen LogP contribution < -0.4 is 5.32 Å². The molecule has 2 nitrogen and oxygen atoms in total. The summed E-state index contributed by atoms with van der Waals surface area (Å²) in [5, 5.41) is 3.07. The Balaban J connectivity index is 1.77. The molecular weight excluding hydrogens is 230 g/mol. The molecule has 1 aliphatic carbocycles. The van der Waals surface area contributed by atoms with Crippen molar-refractivity contribution in [2.75, 3.05) is 5.75 Å². The van der Waals surface area contributed by atoms with Crippen molar-refractivity contribution in [3.8, 4) is 0 Å². The van der Waals surface area contributed by atoms with Crippen LogP contribution in [0.25, 0.3) is 0 Å². The van der Waals surface area contributed by atoms with E-state index in [9.17, 15) is 4.79 Å². The highest BCUT2D eigenvalue weighted by atomic mass is 32.2. The summed E-state index contributed by atoms with van der Waals surface area (Å²) in [4.78, 5) is 12.9. The molecule has 92 valence electrons. The average Bonchev–Trinajstić information content (AvgIpc) is 3.11. The van der Waals surface area contributed by atoms with Crippen LogP contribution in [0.1, 0.15) is 25.3 Å². The maximum Gasteiger partial charge on any atom is 0.230 e. The zero-order valence-corrected chi connectivity index (χ0v) is 11.2. The summed E-state index contributed by atoms with van der Waals surface area (Å²) in [5.41, 5.74) is 1.24. The highest BCUT2D eigenvalue weighted by Gasteiger charge is 2.28.